The van der Waals surface area contributed by atoms with Gasteiger partial charge in [0.05, 0.1) is 12.8 Å². The van der Waals surface area contributed by atoms with E-state index in [0.29, 0.717) is 35.3 Å². The highest BCUT2D eigenvalue weighted by Crippen LogP contribution is 2.29. The van der Waals surface area contributed by atoms with Gasteiger partial charge in [-0.2, -0.15) is 0 Å². The first-order chi connectivity index (χ1) is 9.55. The Bertz CT molecular complexity index is 631. The molecule has 2 rings (SSSR count). The van der Waals surface area contributed by atoms with Crippen LogP contribution in [0.1, 0.15) is 18.3 Å². The van der Waals surface area contributed by atoms with Crippen molar-refractivity contribution in [1.29, 1.82) is 0 Å². The number of hydrogen-bond donors (Lipinski definition) is 2. The molecule has 0 atom stereocenters. The van der Waals surface area contributed by atoms with Crippen molar-refractivity contribution >= 4 is 17.3 Å². The highest BCUT2D eigenvalue weighted by Gasteiger charge is 2.11. The lowest BCUT2D eigenvalue weighted by molar-refractivity contribution is 0.413. The first kappa shape index (κ1) is 14.0. The van der Waals surface area contributed by atoms with E-state index in [1.54, 1.807) is 6.07 Å². The van der Waals surface area contributed by atoms with E-state index in [-0.39, 0.29) is 5.82 Å². The predicted octanol–water partition coefficient (Wildman–Crippen LogP) is 2.82. The third-order valence-corrected chi connectivity index (χ3v) is 2.96. The Hall–Kier alpha value is -2.37. The van der Waals surface area contributed by atoms with Gasteiger partial charge in [-0.15, -0.1) is 0 Å². The van der Waals surface area contributed by atoms with E-state index in [2.05, 4.69) is 15.3 Å². The molecule has 0 saturated carbocycles. The summed E-state index contributed by atoms with van der Waals surface area (Å²) >= 11 is 0. The molecule has 0 radical (unpaired) electrons. The predicted molar refractivity (Wildman–Crippen MR) is 76.8 cm³/mol. The van der Waals surface area contributed by atoms with Crippen molar-refractivity contribution in [2.45, 2.75) is 20.3 Å². The molecule has 20 heavy (non-hydrogen) atoms. The highest BCUT2D eigenvalue weighted by atomic mass is 19.1. The highest BCUT2D eigenvalue weighted by molar-refractivity contribution is 5.68. The van der Waals surface area contributed by atoms with Gasteiger partial charge in [0.2, 0.25) is 0 Å². The minimum absolute atomic E-state index is 0.361. The molecule has 0 aliphatic rings. The van der Waals surface area contributed by atoms with Crippen LogP contribution in [-0.2, 0) is 6.42 Å². The molecule has 1 heterocycles. The van der Waals surface area contributed by atoms with Crippen LogP contribution in [0.5, 0.6) is 5.75 Å². The molecule has 3 N–H and O–H groups in total. The summed E-state index contributed by atoms with van der Waals surface area (Å²) in [7, 11) is 1.48. The van der Waals surface area contributed by atoms with Crippen LogP contribution in [-0.4, -0.2) is 17.1 Å². The zero-order valence-electron chi connectivity index (χ0n) is 11.7. The smallest absolute Gasteiger partial charge is 0.145 e. The lowest BCUT2D eigenvalue weighted by Crippen LogP contribution is -2.07. The second kappa shape index (κ2) is 5.73. The summed E-state index contributed by atoms with van der Waals surface area (Å²) in [5, 5.41) is 3.11. The number of rotatable bonds is 4. The number of halogens is 1. The average molecular weight is 276 g/mol. The van der Waals surface area contributed by atoms with E-state index in [1.165, 1.54) is 19.2 Å². The Kier molecular flexibility index (Phi) is 4.02. The Morgan fingerprint density at radius 1 is 1.35 bits per heavy atom. The molecule has 0 amide bonds. The summed E-state index contributed by atoms with van der Waals surface area (Å²) in [6.45, 7) is 3.78. The van der Waals surface area contributed by atoms with Crippen molar-refractivity contribution in [1.82, 2.24) is 9.97 Å². The standard InChI is InChI=1S/C14H17FN4O/c1-4-12-18-13(16)8(2)14(19-12)17-10-6-5-9(15)7-11(10)20-3/h5-7H,4H2,1-3H3,(H3,16,17,18,19). The quantitative estimate of drug-likeness (QED) is 0.898. The van der Waals surface area contributed by atoms with E-state index < -0.39 is 0 Å². The lowest BCUT2D eigenvalue weighted by atomic mass is 10.2. The molecule has 0 spiro atoms. The van der Waals surface area contributed by atoms with Gasteiger partial charge in [-0.1, -0.05) is 6.92 Å². The molecule has 0 fully saturated rings. The van der Waals surface area contributed by atoms with Gasteiger partial charge >= 0.3 is 0 Å². The molecule has 0 unspecified atom stereocenters. The number of benzene rings is 1. The van der Waals surface area contributed by atoms with Crippen LogP contribution in [0.25, 0.3) is 0 Å². The minimum Gasteiger partial charge on any atom is -0.494 e. The summed E-state index contributed by atoms with van der Waals surface area (Å²) in [4.78, 5) is 8.58. The fourth-order valence-electron chi connectivity index (χ4n) is 1.76. The Balaban J connectivity index is 2.42. The normalized spacial score (nSPS) is 10.4. The summed E-state index contributed by atoms with van der Waals surface area (Å²) in [6, 6.07) is 4.26. The first-order valence-corrected chi connectivity index (χ1v) is 6.28. The van der Waals surface area contributed by atoms with Gasteiger partial charge in [0.25, 0.3) is 0 Å². The Morgan fingerprint density at radius 3 is 2.75 bits per heavy atom. The van der Waals surface area contributed by atoms with E-state index in [1.807, 2.05) is 13.8 Å². The number of aryl methyl sites for hydroxylation is 1. The summed E-state index contributed by atoms with van der Waals surface area (Å²) in [6.07, 6.45) is 0.680. The van der Waals surface area contributed by atoms with Gasteiger partial charge in [-0.05, 0) is 19.1 Å². The largest absolute Gasteiger partial charge is 0.494 e. The summed E-state index contributed by atoms with van der Waals surface area (Å²) in [5.41, 5.74) is 7.23. The monoisotopic (exact) mass is 276 g/mol. The Morgan fingerprint density at radius 2 is 2.10 bits per heavy atom. The number of aromatic nitrogens is 2. The third-order valence-electron chi connectivity index (χ3n) is 2.96. The van der Waals surface area contributed by atoms with Crippen LogP contribution in [0.3, 0.4) is 0 Å². The number of nitrogens with zero attached hydrogens (tertiary/aromatic N) is 2. The maximum atomic E-state index is 13.2. The summed E-state index contributed by atoms with van der Waals surface area (Å²) < 4.78 is 18.3. The molecule has 0 bridgehead atoms. The molecule has 0 saturated heterocycles. The molecule has 0 aliphatic heterocycles. The fourth-order valence-corrected chi connectivity index (χ4v) is 1.76. The Labute approximate surface area is 117 Å². The summed E-state index contributed by atoms with van der Waals surface area (Å²) in [5.74, 6) is 1.72. The average Bonchev–Trinajstić information content (AvgIpc) is 2.45. The van der Waals surface area contributed by atoms with Crippen molar-refractivity contribution in [3.8, 4) is 5.75 Å². The number of anilines is 3. The van der Waals surface area contributed by atoms with Crippen molar-refractivity contribution in [2.24, 2.45) is 0 Å². The first-order valence-electron chi connectivity index (χ1n) is 6.28. The van der Waals surface area contributed by atoms with Crippen molar-refractivity contribution in [2.75, 3.05) is 18.2 Å². The maximum absolute atomic E-state index is 13.2. The number of ether oxygens (including phenoxy) is 1. The molecule has 5 nitrogen and oxygen atoms in total. The molecule has 1 aromatic carbocycles. The van der Waals surface area contributed by atoms with Crippen LogP contribution in [0.2, 0.25) is 0 Å². The van der Waals surface area contributed by atoms with Crippen LogP contribution >= 0.6 is 0 Å². The van der Waals surface area contributed by atoms with Gasteiger partial charge in [-0.25, -0.2) is 14.4 Å². The van der Waals surface area contributed by atoms with Gasteiger partial charge in [-0.3, -0.25) is 0 Å². The van der Waals surface area contributed by atoms with E-state index in [4.69, 9.17) is 10.5 Å². The number of nitrogens with two attached hydrogens (primary N) is 1. The number of methoxy groups -OCH3 is 1. The number of hydrogen-bond acceptors (Lipinski definition) is 5. The van der Waals surface area contributed by atoms with Crippen molar-refractivity contribution in [3.05, 3.63) is 35.4 Å². The maximum Gasteiger partial charge on any atom is 0.145 e. The van der Waals surface area contributed by atoms with Gasteiger partial charge in [0, 0.05) is 18.1 Å². The molecule has 106 valence electrons. The van der Waals surface area contributed by atoms with E-state index in [0.717, 1.165) is 5.56 Å². The zero-order chi connectivity index (χ0) is 14.7. The molecule has 0 aliphatic carbocycles. The van der Waals surface area contributed by atoms with E-state index >= 15 is 0 Å². The molecular weight excluding hydrogens is 259 g/mol. The molecule has 1 aromatic heterocycles. The van der Waals surface area contributed by atoms with Crippen LogP contribution < -0.4 is 15.8 Å². The minimum atomic E-state index is -0.361. The van der Waals surface area contributed by atoms with Crippen molar-refractivity contribution < 1.29 is 9.13 Å². The van der Waals surface area contributed by atoms with Crippen molar-refractivity contribution in [3.63, 3.8) is 0 Å². The fraction of sp³-hybridized carbons (Fsp3) is 0.286. The topological polar surface area (TPSA) is 73.1 Å². The van der Waals surface area contributed by atoms with Crippen LogP contribution in [0.15, 0.2) is 18.2 Å². The SMILES string of the molecule is CCc1nc(N)c(C)c(Nc2ccc(F)cc2OC)n1. The lowest BCUT2D eigenvalue weighted by Gasteiger charge is -2.14. The number of nitrogen functional groups attached to an aromatic ring is 1. The number of nitrogens with one attached hydrogen (secondary N) is 1. The van der Waals surface area contributed by atoms with E-state index in [9.17, 15) is 4.39 Å². The second-order valence-electron chi connectivity index (χ2n) is 4.32. The van der Waals surface area contributed by atoms with Gasteiger partial charge < -0.3 is 15.8 Å². The van der Waals surface area contributed by atoms with Gasteiger partial charge in [0.15, 0.2) is 0 Å². The van der Waals surface area contributed by atoms with Crippen LogP contribution in [0, 0.1) is 12.7 Å². The second-order valence-corrected chi connectivity index (χ2v) is 4.32. The van der Waals surface area contributed by atoms with Gasteiger partial charge in [0.1, 0.15) is 29.0 Å². The molecule has 2 aromatic rings. The van der Waals surface area contributed by atoms with Crippen LogP contribution in [0.4, 0.5) is 21.7 Å². The molecule has 6 heteroatoms. The zero-order valence-corrected chi connectivity index (χ0v) is 11.7. The molecular formula is C14H17FN4O. The third kappa shape index (κ3) is 2.79.